The van der Waals surface area contributed by atoms with E-state index in [1.165, 1.54) is 31.0 Å². The van der Waals surface area contributed by atoms with E-state index in [-0.39, 0.29) is 5.91 Å². The molecule has 1 aliphatic rings. The van der Waals surface area contributed by atoms with Gasteiger partial charge in [-0.1, -0.05) is 55.3 Å². The van der Waals surface area contributed by atoms with Crippen LogP contribution in [0.25, 0.3) is 10.9 Å². The van der Waals surface area contributed by atoms with Crippen LogP contribution < -0.4 is 5.32 Å². The lowest BCUT2D eigenvalue weighted by Gasteiger charge is -2.22. The summed E-state index contributed by atoms with van der Waals surface area (Å²) in [7, 11) is 0. The van der Waals surface area contributed by atoms with Gasteiger partial charge in [0.2, 0.25) is 5.91 Å². The quantitative estimate of drug-likeness (QED) is 0.874. The summed E-state index contributed by atoms with van der Waals surface area (Å²) in [5.41, 5.74) is 0.982. The minimum atomic E-state index is 0.127. The standard InChI is InChI=1S/C17H20N2OS/c20-16(18-14-7-2-1-3-8-14)12-21-17-11-10-13-6-4-5-9-15(13)19-17/h4-6,9-11,14H,1-3,7-8,12H2,(H,18,20). The Bertz CT molecular complexity index is 623. The van der Waals surface area contributed by atoms with Crippen molar-refractivity contribution >= 4 is 28.6 Å². The summed E-state index contributed by atoms with van der Waals surface area (Å²) >= 11 is 1.51. The van der Waals surface area contributed by atoms with Crippen molar-refractivity contribution in [2.24, 2.45) is 0 Å². The molecule has 0 unspecified atom stereocenters. The largest absolute Gasteiger partial charge is 0.353 e. The van der Waals surface area contributed by atoms with Crippen LogP contribution in [-0.2, 0) is 4.79 Å². The molecular formula is C17H20N2OS. The summed E-state index contributed by atoms with van der Waals surface area (Å²) in [4.78, 5) is 16.6. The van der Waals surface area contributed by atoms with Gasteiger partial charge in [0.25, 0.3) is 0 Å². The van der Waals surface area contributed by atoms with Crippen molar-refractivity contribution in [2.75, 3.05) is 5.75 Å². The van der Waals surface area contributed by atoms with Crippen LogP contribution in [0.4, 0.5) is 0 Å². The maximum Gasteiger partial charge on any atom is 0.230 e. The second-order valence-electron chi connectivity index (χ2n) is 5.53. The zero-order valence-electron chi connectivity index (χ0n) is 12.0. The average Bonchev–Trinajstić information content (AvgIpc) is 2.54. The van der Waals surface area contributed by atoms with Crippen LogP contribution in [0.2, 0.25) is 0 Å². The fourth-order valence-corrected chi connectivity index (χ4v) is 3.47. The summed E-state index contributed by atoms with van der Waals surface area (Å²) in [6, 6.07) is 12.5. The maximum absolute atomic E-state index is 12.0. The Hall–Kier alpha value is -1.55. The first-order valence-electron chi connectivity index (χ1n) is 7.59. The molecule has 1 heterocycles. The molecule has 2 aromatic rings. The molecule has 3 nitrogen and oxygen atoms in total. The van der Waals surface area contributed by atoms with Crippen molar-refractivity contribution in [1.82, 2.24) is 10.3 Å². The lowest BCUT2D eigenvalue weighted by molar-refractivity contribution is -0.119. The van der Waals surface area contributed by atoms with Crippen molar-refractivity contribution in [2.45, 2.75) is 43.2 Å². The van der Waals surface area contributed by atoms with Crippen molar-refractivity contribution < 1.29 is 4.79 Å². The van der Waals surface area contributed by atoms with E-state index in [0.29, 0.717) is 11.8 Å². The van der Waals surface area contributed by atoms with Crippen LogP contribution in [-0.4, -0.2) is 22.7 Å². The van der Waals surface area contributed by atoms with Gasteiger partial charge in [0.05, 0.1) is 16.3 Å². The summed E-state index contributed by atoms with van der Waals surface area (Å²) in [6.45, 7) is 0. The molecule has 1 fully saturated rings. The topological polar surface area (TPSA) is 42.0 Å². The molecule has 21 heavy (non-hydrogen) atoms. The molecule has 0 bridgehead atoms. The Labute approximate surface area is 129 Å². The highest BCUT2D eigenvalue weighted by Gasteiger charge is 2.15. The van der Waals surface area contributed by atoms with Crippen LogP contribution in [0, 0.1) is 0 Å². The van der Waals surface area contributed by atoms with E-state index in [0.717, 1.165) is 28.8 Å². The zero-order chi connectivity index (χ0) is 14.5. The number of para-hydroxylation sites is 1. The van der Waals surface area contributed by atoms with Gasteiger partial charge in [0.1, 0.15) is 0 Å². The number of amides is 1. The van der Waals surface area contributed by atoms with Crippen LogP contribution >= 0.6 is 11.8 Å². The molecule has 0 atom stereocenters. The Morgan fingerprint density at radius 2 is 1.95 bits per heavy atom. The number of hydrogen-bond acceptors (Lipinski definition) is 3. The third kappa shape index (κ3) is 3.97. The first kappa shape index (κ1) is 14.4. The Kier molecular flexibility index (Phi) is 4.76. The number of fused-ring (bicyclic) bond motifs is 1. The summed E-state index contributed by atoms with van der Waals surface area (Å²) in [5.74, 6) is 0.573. The van der Waals surface area contributed by atoms with E-state index in [4.69, 9.17) is 0 Å². The molecule has 0 saturated heterocycles. The molecule has 1 aliphatic carbocycles. The predicted molar refractivity (Wildman–Crippen MR) is 87.5 cm³/mol. The van der Waals surface area contributed by atoms with Gasteiger partial charge in [-0.2, -0.15) is 0 Å². The number of carbonyl (C=O) groups excluding carboxylic acids is 1. The van der Waals surface area contributed by atoms with Gasteiger partial charge >= 0.3 is 0 Å². The second kappa shape index (κ2) is 6.94. The van der Waals surface area contributed by atoms with Gasteiger partial charge in [-0.3, -0.25) is 4.79 Å². The summed E-state index contributed by atoms with van der Waals surface area (Å²) in [6.07, 6.45) is 6.05. The molecule has 3 rings (SSSR count). The smallest absolute Gasteiger partial charge is 0.230 e. The third-order valence-corrected chi connectivity index (χ3v) is 4.82. The van der Waals surface area contributed by atoms with Crippen LogP contribution in [0.3, 0.4) is 0 Å². The highest BCUT2D eigenvalue weighted by Crippen LogP contribution is 2.21. The van der Waals surface area contributed by atoms with E-state index in [9.17, 15) is 4.79 Å². The zero-order valence-corrected chi connectivity index (χ0v) is 12.9. The first-order valence-corrected chi connectivity index (χ1v) is 8.58. The Balaban J connectivity index is 1.54. The SMILES string of the molecule is O=C(CSc1ccc2ccccc2n1)NC1CCCCC1. The van der Waals surface area contributed by atoms with Crippen molar-refractivity contribution in [1.29, 1.82) is 0 Å². The third-order valence-electron chi connectivity index (χ3n) is 3.89. The number of pyridine rings is 1. The van der Waals surface area contributed by atoms with Gasteiger partial charge in [-0.15, -0.1) is 0 Å². The van der Waals surface area contributed by atoms with Crippen LogP contribution in [0.5, 0.6) is 0 Å². The highest BCUT2D eigenvalue weighted by molar-refractivity contribution is 7.99. The van der Waals surface area contributed by atoms with Crippen molar-refractivity contribution in [3.8, 4) is 0 Å². The predicted octanol–water partition coefficient (Wildman–Crippen LogP) is 3.78. The molecular weight excluding hydrogens is 280 g/mol. The Morgan fingerprint density at radius 3 is 2.81 bits per heavy atom. The van der Waals surface area contributed by atoms with Crippen LogP contribution in [0.1, 0.15) is 32.1 Å². The minimum absolute atomic E-state index is 0.127. The number of hydrogen-bond donors (Lipinski definition) is 1. The average molecular weight is 300 g/mol. The summed E-state index contributed by atoms with van der Waals surface area (Å²) in [5, 5.41) is 5.18. The Morgan fingerprint density at radius 1 is 1.14 bits per heavy atom. The van der Waals surface area contributed by atoms with Gasteiger partial charge in [-0.05, 0) is 25.0 Å². The second-order valence-corrected chi connectivity index (χ2v) is 6.53. The number of rotatable bonds is 4. The highest BCUT2D eigenvalue weighted by atomic mass is 32.2. The number of thioether (sulfide) groups is 1. The monoisotopic (exact) mass is 300 g/mol. The number of nitrogens with zero attached hydrogens (tertiary/aromatic N) is 1. The molecule has 1 amide bonds. The minimum Gasteiger partial charge on any atom is -0.353 e. The number of aromatic nitrogens is 1. The number of benzene rings is 1. The molecule has 1 saturated carbocycles. The lowest BCUT2D eigenvalue weighted by atomic mass is 9.95. The van der Waals surface area contributed by atoms with E-state index in [1.54, 1.807) is 0 Å². The number of nitrogens with one attached hydrogen (secondary N) is 1. The van der Waals surface area contributed by atoms with Gasteiger partial charge in [0, 0.05) is 11.4 Å². The molecule has 1 aromatic heterocycles. The van der Waals surface area contributed by atoms with Crippen molar-refractivity contribution in [3.63, 3.8) is 0 Å². The van der Waals surface area contributed by atoms with Crippen molar-refractivity contribution in [3.05, 3.63) is 36.4 Å². The normalized spacial score (nSPS) is 16.0. The molecule has 0 aliphatic heterocycles. The fraction of sp³-hybridized carbons (Fsp3) is 0.412. The molecule has 1 aromatic carbocycles. The molecule has 0 radical (unpaired) electrons. The van der Waals surface area contributed by atoms with Gasteiger partial charge < -0.3 is 5.32 Å². The number of carbonyl (C=O) groups is 1. The van der Waals surface area contributed by atoms with Gasteiger partial charge in [-0.25, -0.2) is 4.98 Å². The molecule has 110 valence electrons. The molecule has 1 N–H and O–H groups in total. The van der Waals surface area contributed by atoms with Crippen LogP contribution in [0.15, 0.2) is 41.4 Å². The molecule has 4 heteroatoms. The van der Waals surface area contributed by atoms with Gasteiger partial charge in [0.15, 0.2) is 0 Å². The maximum atomic E-state index is 12.0. The van der Waals surface area contributed by atoms with E-state index >= 15 is 0 Å². The summed E-state index contributed by atoms with van der Waals surface area (Å²) < 4.78 is 0. The lowest BCUT2D eigenvalue weighted by Crippen LogP contribution is -2.37. The van der Waals surface area contributed by atoms with E-state index in [2.05, 4.69) is 16.4 Å². The first-order chi connectivity index (χ1) is 10.3. The fourth-order valence-electron chi connectivity index (χ4n) is 2.78. The van der Waals surface area contributed by atoms with E-state index < -0.39 is 0 Å². The van der Waals surface area contributed by atoms with E-state index in [1.807, 2.05) is 30.3 Å². The molecule has 0 spiro atoms.